The van der Waals surface area contributed by atoms with Gasteiger partial charge in [-0.3, -0.25) is 0 Å². The fraction of sp³-hybridized carbons (Fsp3) is 1.00. The van der Waals surface area contributed by atoms with Gasteiger partial charge in [-0.15, -0.1) is 0 Å². The van der Waals surface area contributed by atoms with Crippen LogP contribution in [0.2, 0.25) is 0 Å². The topological polar surface area (TPSA) is 6.48 Å². The van der Waals surface area contributed by atoms with Crippen LogP contribution in [0.15, 0.2) is 0 Å². The van der Waals surface area contributed by atoms with Crippen molar-refractivity contribution in [2.75, 3.05) is 33.2 Å². The zero-order valence-electron chi connectivity index (χ0n) is 11.9. The molecule has 0 bridgehead atoms. The minimum Gasteiger partial charge on any atom is -0.301 e. The minimum atomic E-state index is 0.787. The number of piperazine rings is 1. The highest BCUT2D eigenvalue weighted by atomic mass is 15.3. The van der Waals surface area contributed by atoms with Crippen molar-refractivity contribution in [3.63, 3.8) is 0 Å². The Bertz CT molecular complexity index is 189. The lowest BCUT2D eigenvalue weighted by Gasteiger charge is -2.40. The Morgan fingerprint density at radius 1 is 1.06 bits per heavy atom. The first-order valence-electron chi connectivity index (χ1n) is 6.91. The van der Waals surface area contributed by atoms with E-state index in [1.165, 1.54) is 39.0 Å². The molecule has 0 aromatic carbocycles. The molecule has 2 heteroatoms. The van der Waals surface area contributed by atoms with Crippen LogP contribution in [0.5, 0.6) is 0 Å². The van der Waals surface area contributed by atoms with E-state index in [0.29, 0.717) is 0 Å². The molecule has 1 atom stereocenters. The molecule has 1 fully saturated rings. The van der Waals surface area contributed by atoms with Gasteiger partial charge >= 0.3 is 0 Å². The van der Waals surface area contributed by atoms with Gasteiger partial charge in [0, 0.05) is 32.2 Å². The summed E-state index contributed by atoms with van der Waals surface area (Å²) in [6.45, 7) is 14.3. The van der Waals surface area contributed by atoms with Crippen LogP contribution in [0.3, 0.4) is 0 Å². The van der Waals surface area contributed by atoms with Crippen molar-refractivity contribution in [1.82, 2.24) is 9.80 Å². The van der Waals surface area contributed by atoms with E-state index < -0.39 is 0 Å². The van der Waals surface area contributed by atoms with E-state index in [1.54, 1.807) is 0 Å². The van der Waals surface area contributed by atoms with E-state index in [9.17, 15) is 0 Å². The molecule has 1 saturated heterocycles. The van der Waals surface area contributed by atoms with Gasteiger partial charge in [0.25, 0.3) is 0 Å². The molecule has 0 aromatic rings. The lowest BCUT2D eigenvalue weighted by Crippen LogP contribution is -2.52. The van der Waals surface area contributed by atoms with E-state index >= 15 is 0 Å². The minimum absolute atomic E-state index is 0.787. The van der Waals surface area contributed by atoms with Gasteiger partial charge in [-0.2, -0.15) is 0 Å². The normalized spacial score (nSPS) is 24.6. The molecule has 1 heterocycles. The zero-order chi connectivity index (χ0) is 12.1. The smallest absolute Gasteiger partial charge is 0.0220 e. The van der Waals surface area contributed by atoms with Crippen LogP contribution in [0.1, 0.15) is 40.5 Å². The standard InChI is InChI=1S/C14H30N2/c1-12(2)6-7-14-11-16(10-13(3)4)9-8-15(14)5/h12-14H,6-11H2,1-5H3/t14-/m1/s1. The lowest BCUT2D eigenvalue weighted by atomic mass is 10.0. The average Bonchev–Trinajstić information content (AvgIpc) is 2.18. The third kappa shape index (κ3) is 4.84. The molecule has 0 N–H and O–H groups in total. The van der Waals surface area contributed by atoms with Crippen molar-refractivity contribution in [2.24, 2.45) is 11.8 Å². The highest BCUT2D eigenvalue weighted by Crippen LogP contribution is 2.16. The first-order valence-corrected chi connectivity index (χ1v) is 6.91. The molecule has 0 aliphatic carbocycles. The van der Waals surface area contributed by atoms with Gasteiger partial charge in [0.1, 0.15) is 0 Å². The predicted molar refractivity (Wildman–Crippen MR) is 71.8 cm³/mol. The predicted octanol–water partition coefficient (Wildman–Crippen LogP) is 2.69. The second-order valence-corrected chi connectivity index (χ2v) is 6.26. The lowest BCUT2D eigenvalue weighted by molar-refractivity contribution is 0.0797. The van der Waals surface area contributed by atoms with Gasteiger partial charge in [-0.05, 0) is 31.7 Å². The average molecular weight is 226 g/mol. The molecule has 96 valence electrons. The Hall–Kier alpha value is -0.0800. The van der Waals surface area contributed by atoms with Crippen LogP contribution in [0, 0.1) is 11.8 Å². The van der Waals surface area contributed by atoms with Crippen LogP contribution < -0.4 is 0 Å². The molecule has 2 nitrogen and oxygen atoms in total. The molecule has 0 radical (unpaired) electrons. The second-order valence-electron chi connectivity index (χ2n) is 6.26. The Labute approximate surface area is 102 Å². The van der Waals surface area contributed by atoms with E-state index in [4.69, 9.17) is 0 Å². The van der Waals surface area contributed by atoms with Crippen LogP contribution >= 0.6 is 0 Å². The molecule has 1 rings (SSSR count). The number of rotatable bonds is 5. The summed E-state index contributed by atoms with van der Waals surface area (Å²) < 4.78 is 0. The summed E-state index contributed by atoms with van der Waals surface area (Å²) in [5, 5.41) is 0. The molecule has 0 spiro atoms. The van der Waals surface area contributed by atoms with Crippen LogP contribution in [0.4, 0.5) is 0 Å². The fourth-order valence-electron chi connectivity index (χ4n) is 2.53. The molecule has 1 aliphatic heterocycles. The van der Waals surface area contributed by atoms with Gasteiger partial charge in [-0.1, -0.05) is 27.7 Å². The first kappa shape index (κ1) is 14.0. The SMILES string of the molecule is CC(C)CC[C@@H]1CN(CC(C)C)CCN1C. The molecule has 0 saturated carbocycles. The highest BCUT2D eigenvalue weighted by molar-refractivity contribution is 4.80. The van der Waals surface area contributed by atoms with E-state index in [0.717, 1.165) is 17.9 Å². The van der Waals surface area contributed by atoms with Crippen molar-refractivity contribution in [3.05, 3.63) is 0 Å². The van der Waals surface area contributed by atoms with Crippen molar-refractivity contribution in [2.45, 2.75) is 46.6 Å². The van der Waals surface area contributed by atoms with Gasteiger partial charge in [0.05, 0.1) is 0 Å². The summed E-state index contributed by atoms with van der Waals surface area (Å²) in [7, 11) is 2.29. The van der Waals surface area contributed by atoms with Gasteiger partial charge in [0.2, 0.25) is 0 Å². The number of hydrogen-bond acceptors (Lipinski definition) is 2. The second kappa shape index (κ2) is 6.61. The van der Waals surface area contributed by atoms with Gasteiger partial charge in [-0.25, -0.2) is 0 Å². The zero-order valence-corrected chi connectivity index (χ0v) is 11.9. The van der Waals surface area contributed by atoms with Crippen molar-refractivity contribution < 1.29 is 0 Å². The number of nitrogens with zero attached hydrogens (tertiary/aromatic N) is 2. The number of likely N-dealkylation sites (N-methyl/N-ethyl adjacent to an activating group) is 1. The Balaban J connectivity index is 2.36. The van der Waals surface area contributed by atoms with Crippen molar-refractivity contribution in [1.29, 1.82) is 0 Å². The Morgan fingerprint density at radius 3 is 2.31 bits per heavy atom. The van der Waals surface area contributed by atoms with E-state index in [2.05, 4.69) is 44.5 Å². The van der Waals surface area contributed by atoms with E-state index in [-0.39, 0.29) is 0 Å². The summed E-state index contributed by atoms with van der Waals surface area (Å²) in [4.78, 5) is 5.20. The highest BCUT2D eigenvalue weighted by Gasteiger charge is 2.24. The maximum absolute atomic E-state index is 2.65. The maximum atomic E-state index is 2.65. The van der Waals surface area contributed by atoms with E-state index in [1.807, 2.05) is 0 Å². The van der Waals surface area contributed by atoms with Crippen LogP contribution in [-0.2, 0) is 0 Å². The molecule has 0 aromatic heterocycles. The molecule has 1 aliphatic rings. The summed E-state index contributed by atoms with van der Waals surface area (Å²) in [5.41, 5.74) is 0. The first-order chi connectivity index (χ1) is 7.49. The van der Waals surface area contributed by atoms with Gasteiger partial charge < -0.3 is 9.80 Å². The Morgan fingerprint density at radius 2 is 1.75 bits per heavy atom. The fourth-order valence-corrected chi connectivity index (χ4v) is 2.53. The maximum Gasteiger partial charge on any atom is 0.0220 e. The third-order valence-electron chi connectivity index (χ3n) is 3.56. The monoisotopic (exact) mass is 226 g/mol. The largest absolute Gasteiger partial charge is 0.301 e. The summed E-state index contributed by atoms with van der Waals surface area (Å²) >= 11 is 0. The quantitative estimate of drug-likeness (QED) is 0.711. The Kier molecular flexibility index (Phi) is 5.77. The third-order valence-corrected chi connectivity index (χ3v) is 3.56. The molecular formula is C14H30N2. The summed E-state index contributed by atoms with van der Waals surface area (Å²) in [6, 6.07) is 0.787. The van der Waals surface area contributed by atoms with Crippen molar-refractivity contribution in [3.8, 4) is 0 Å². The number of hydrogen-bond donors (Lipinski definition) is 0. The molecule has 16 heavy (non-hydrogen) atoms. The molecular weight excluding hydrogens is 196 g/mol. The van der Waals surface area contributed by atoms with Crippen LogP contribution in [0.25, 0.3) is 0 Å². The van der Waals surface area contributed by atoms with Crippen LogP contribution in [-0.4, -0.2) is 49.1 Å². The van der Waals surface area contributed by atoms with Gasteiger partial charge in [0.15, 0.2) is 0 Å². The summed E-state index contributed by atoms with van der Waals surface area (Å²) in [6.07, 6.45) is 2.73. The summed E-state index contributed by atoms with van der Waals surface area (Å²) in [5.74, 6) is 1.64. The molecule has 0 unspecified atom stereocenters. The molecule has 0 amide bonds. The van der Waals surface area contributed by atoms with Crippen molar-refractivity contribution >= 4 is 0 Å².